The predicted molar refractivity (Wildman–Crippen MR) is 121 cm³/mol. The van der Waals surface area contributed by atoms with Crippen LogP contribution in [0.25, 0.3) is 16.3 Å². The topological polar surface area (TPSA) is 113 Å². The molecule has 13 heteroatoms. The summed E-state index contributed by atoms with van der Waals surface area (Å²) in [5.74, 6) is 0.970. The minimum atomic E-state index is -3.83. The quantitative estimate of drug-likeness (QED) is 0.503. The van der Waals surface area contributed by atoms with Crippen molar-refractivity contribution in [2.75, 3.05) is 24.6 Å². The van der Waals surface area contributed by atoms with Gasteiger partial charge >= 0.3 is 0 Å². The minimum absolute atomic E-state index is 0.0823. The van der Waals surface area contributed by atoms with Gasteiger partial charge in [-0.1, -0.05) is 11.3 Å². The number of aliphatic hydroxyl groups is 1. The summed E-state index contributed by atoms with van der Waals surface area (Å²) >= 11 is 0.760. The minimum Gasteiger partial charge on any atom is -0.396 e. The van der Waals surface area contributed by atoms with Crippen molar-refractivity contribution in [3.05, 3.63) is 23.5 Å². The van der Waals surface area contributed by atoms with Crippen LogP contribution in [0.5, 0.6) is 0 Å². The summed E-state index contributed by atoms with van der Waals surface area (Å²) in [6.07, 6.45) is 2.85. The molecule has 2 N–H and O–H groups in total. The third-order valence-electron chi connectivity index (χ3n) is 7.38. The van der Waals surface area contributed by atoms with Crippen LogP contribution in [0.2, 0.25) is 0 Å². The highest BCUT2D eigenvalue weighted by atomic mass is 32.2. The molecule has 3 aromatic rings. The Kier molecular flexibility index (Phi) is 5.00. The summed E-state index contributed by atoms with van der Waals surface area (Å²) in [5.41, 5.74) is 1.16. The van der Waals surface area contributed by atoms with Gasteiger partial charge in [0.15, 0.2) is 15.7 Å². The molecule has 182 valence electrons. The Morgan fingerprint density at radius 3 is 2.65 bits per heavy atom. The molecule has 0 amide bonds. The Morgan fingerprint density at radius 1 is 1.29 bits per heavy atom. The fourth-order valence-corrected chi connectivity index (χ4v) is 7.35. The maximum Gasteiger partial charge on any atom is 0.291 e. The second kappa shape index (κ2) is 7.64. The van der Waals surface area contributed by atoms with E-state index in [0.717, 1.165) is 30.6 Å². The highest BCUT2D eigenvalue weighted by molar-refractivity contribution is 7.89. The summed E-state index contributed by atoms with van der Waals surface area (Å²) in [4.78, 5) is 6.73. The number of nitrogens with zero attached hydrogens (tertiary/aromatic N) is 5. The molecule has 4 aliphatic rings. The number of piperidine rings is 2. The number of aromatic nitrogens is 4. The Balaban J connectivity index is 1.47. The molecule has 2 atom stereocenters. The average Bonchev–Trinajstić information content (AvgIpc) is 3.18. The highest BCUT2D eigenvalue weighted by Crippen LogP contribution is 2.47. The van der Waals surface area contributed by atoms with Crippen LogP contribution in [-0.4, -0.2) is 58.3 Å². The first-order chi connectivity index (χ1) is 16.2. The molecule has 0 aromatic carbocycles. The van der Waals surface area contributed by atoms with Gasteiger partial charge in [-0.05, 0) is 50.0 Å². The molecule has 3 aromatic heterocycles. The number of rotatable bonds is 7. The first kappa shape index (κ1) is 22.3. The van der Waals surface area contributed by atoms with E-state index in [-0.39, 0.29) is 22.4 Å². The lowest BCUT2D eigenvalue weighted by molar-refractivity contribution is 0.00280. The van der Waals surface area contributed by atoms with Crippen LogP contribution in [0.15, 0.2) is 23.4 Å². The molecule has 2 saturated carbocycles. The van der Waals surface area contributed by atoms with Crippen molar-refractivity contribution in [3.8, 4) is 10.7 Å². The van der Waals surface area contributed by atoms with Crippen molar-refractivity contribution in [2.24, 2.45) is 17.8 Å². The van der Waals surface area contributed by atoms with Gasteiger partial charge in [-0.25, -0.2) is 26.9 Å². The van der Waals surface area contributed by atoms with Crippen molar-refractivity contribution in [2.45, 2.75) is 43.0 Å². The second-order valence-corrected chi connectivity index (χ2v) is 12.5. The standard InChI is InChI=1S/C21H24F2N6O3S2/c1-21(2-3-21)27-34(31,32)13-5-15(28-7-11-4-12(8-28)14(11)10-30)18-24-6-16(29(18)9-13)19-25-26-20(33-19)17(22)23/h5-6,9,11-12,14,17,27,30H,2-4,7-8,10H2,1H3. The van der Waals surface area contributed by atoms with E-state index >= 15 is 0 Å². The lowest BCUT2D eigenvalue weighted by Crippen LogP contribution is -2.56. The number of aliphatic hydroxyl groups excluding tert-OH is 1. The van der Waals surface area contributed by atoms with Gasteiger partial charge in [-0.15, -0.1) is 10.2 Å². The van der Waals surface area contributed by atoms with E-state index in [9.17, 15) is 22.3 Å². The monoisotopic (exact) mass is 510 g/mol. The van der Waals surface area contributed by atoms with Crippen LogP contribution in [0.3, 0.4) is 0 Å². The van der Waals surface area contributed by atoms with Gasteiger partial charge in [0.2, 0.25) is 10.0 Å². The Labute approximate surface area is 198 Å². The molecule has 2 aliphatic heterocycles. The zero-order valence-electron chi connectivity index (χ0n) is 18.4. The Bertz CT molecular complexity index is 1360. The van der Waals surface area contributed by atoms with Crippen molar-refractivity contribution in [3.63, 3.8) is 0 Å². The smallest absolute Gasteiger partial charge is 0.291 e. The van der Waals surface area contributed by atoms with E-state index in [4.69, 9.17) is 0 Å². The molecule has 2 unspecified atom stereocenters. The fourth-order valence-electron chi connectivity index (χ4n) is 5.16. The summed E-state index contributed by atoms with van der Waals surface area (Å²) in [6, 6.07) is 1.64. The van der Waals surface area contributed by atoms with Crippen LogP contribution in [0.4, 0.5) is 14.5 Å². The number of sulfonamides is 1. The van der Waals surface area contributed by atoms with Crippen LogP contribution in [0.1, 0.15) is 37.6 Å². The number of nitrogens with one attached hydrogen (secondary N) is 1. The first-order valence-corrected chi connectivity index (χ1v) is 13.5. The normalized spacial score (nSPS) is 25.7. The summed E-state index contributed by atoms with van der Waals surface area (Å²) in [7, 11) is -3.83. The van der Waals surface area contributed by atoms with E-state index in [0.29, 0.717) is 42.0 Å². The SMILES string of the molecule is CC1(NS(=O)(=O)c2cc(N3CC4CC(C3)C4CO)c3ncc(-c4nnc(C(F)F)s4)n3c2)CC1. The molecule has 7 rings (SSSR count). The van der Waals surface area contributed by atoms with Crippen molar-refractivity contribution in [1.29, 1.82) is 0 Å². The number of alkyl halides is 2. The number of pyridine rings is 1. The molecular formula is C21H24F2N6O3S2. The van der Waals surface area contributed by atoms with E-state index < -0.39 is 27.0 Å². The molecule has 2 aliphatic carbocycles. The van der Waals surface area contributed by atoms with Crippen LogP contribution < -0.4 is 9.62 Å². The van der Waals surface area contributed by atoms with Crippen molar-refractivity contribution >= 4 is 32.7 Å². The average molecular weight is 511 g/mol. The van der Waals surface area contributed by atoms with Crippen LogP contribution in [-0.2, 0) is 10.0 Å². The number of fused-ring (bicyclic) bond motifs is 3. The van der Waals surface area contributed by atoms with Gasteiger partial charge in [0.05, 0.1) is 11.9 Å². The van der Waals surface area contributed by atoms with Gasteiger partial charge in [0, 0.05) is 31.4 Å². The highest BCUT2D eigenvalue weighted by Gasteiger charge is 2.47. The molecular weight excluding hydrogens is 486 g/mol. The molecule has 9 nitrogen and oxygen atoms in total. The van der Waals surface area contributed by atoms with Gasteiger partial charge in [-0.2, -0.15) is 0 Å². The molecule has 0 radical (unpaired) electrons. The first-order valence-electron chi connectivity index (χ1n) is 11.2. The molecule has 34 heavy (non-hydrogen) atoms. The number of hydrogen-bond donors (Lipinski definition) is 2. The maximum atomic E-state index is 13.3. The lowest BCUT2D eigenvalue weighted by atomic mass is 9.62. The number of imidazole rings is 1. The van der Waals surface area contributed by atoms with E-state index in [2.05, 4.69) is 24.8 Å². The van der Waals surface area contributed by atoms with Gasteiger partial charge in [-0.3, -0.25) is 4.40 Å². The number of anilines is 1. The second-order valence-electron chi connectivity index (χ2n) is 9.82. The zero-order valence-corrected chi connectivity index (χ0v) is 20.0. The van der Waals surface area contributed by atoms with Gasteiger partial charge < -0.3 is 10.0 Å². The van der Waals surface area contributed by atoms with E-state index in [1.54, 1.807) is 10.5 Å². The maximum absolute atomic E-state index is 13.3. The number of halogens is 2. The molecule has 4 fully saturated rings. The van der Waals surface area contributed by atoms with Crippen LogP contribution in [0, 0.1) is 17.8 Å². The zero-order chi connectivity index (χ0) is 23.8. The van der Waals surface area contributed by atoms with Gasteiger partial charge in [0.1, 0.15) is 10.6 Å². The molecule has 5 heterocycles. The van der Waals surface area contributed by atoms with Crippen LogP contribution >= 0.6 is 11.3 Å². The Hall–Kier alpha value is -2.22. The third kappa shape index (κ3) is 3.60. The Morgan fingerprint density at radius 2 is 2.03 bits per heavy atom. The molecule has 2 saturated heterocycles. The molecule has 0 spiro atoms. The lowest BCUT2D eigenvalue weighted by Gasteiger charge is -2.53. The number of hydrogen-bond acceptors (Lipinski definition) is 8. The van der Waals surface area contributed by atoms with E-state index in [1.807, 2.05) is 6.92 Å². The summed E-state index contributed by atoms with van der Waals surface area (Å²) in [5, 5.41) is 17.0. The molecule has 2 bridgehead atoms. The summed E-state index contributed by atoms with van der Waals surface area (Å²) < 4.78 is 57.2. The largest absolute Gasteiger partial charge is 0.396 e. The summed E-state index contributed by atoms with van der Waals surface area (Å²) in [6.45, 7) is 3.42. The van der Waals surface area contributed by atoms with Crippen molar-refractivity contribution in [1.82, 2.24) is 24.3 Å². The van der Waals surface area contributed by atoms with Crippen molar-refractivity contribution < 1.29 is 22.3 Å². The fraction of sp³-hybridized carbons (Fsp3) is 0.571. The predicted octanol–water partition coefficient (Wildman–Crippen LogP) is 2.69. The van der Waals surface area contributed by atoms with E-state index in [1.165, 1.54) is 12.4 Å². The third-order valence-corrected chi connectivity index (χ3v) is 9.94. The van der Waals surface area contributed by atoms with Gasteiger partial charge in [0.25, 0.3) is 6.43 Å².